The lowest BCUT2D eigenvalue weighted by atomic mass is 10.1. The van der Waals surface area contributed by atoms with E-state index in [1.807, 2.05) is 31.2 Å². The average molecular weight is 359 g/mol. The van der Waals surface area contributed by atoms with Gasteiger partial charge in [-0.25, -0.2) is 4.79 Å². The van der Waals surface area contributed by atoms with Crippen molar-refractivity contribution in [3.8, 4) is 0 Å². The number of aromatic amines is 2. The van der Waals surface area contributed by atoms with Crippen LogP contribution in [0, 0.1) is 0 Å². The molecule has 0 aliphatic carbocycles. The molecule has 0 spiro atoms. The van der Waals surface area contributed by atoms with Crippen LogP contribution in [0.25, 0.3) is 11.0 Å². The number of hydrogen-bond acceptors (Lipinski definition) is 3. The zero-order chi connectivity index (χ0) is 18.0. The monoisotopic (exact) mass is 358 g/mol. The lowest BCUT2D eigenvalue weighted by molar-refractivity contribution is -0.117. The molecule has 6 nitrogen and oxygen atoms in total. The maximum atomic E-state index is 12.4. The molecule has 0 saturated heterocycles. The zero-order valence-corrected chi connectivity index (χ0v) is 14.6. The van der Waals surface area contributed by atoms with Gasteiger partial charge < -0.3 is 15.3 Å². The number of anilines is 1. The molecule has 0 aliphatic heterocycles. The summed E-state index contributed by atoms with van der Waals surface area (Å²) in [6.07, 6.45) is 0. The predicted molar refractivity (Wildman–Crippen MR) is 100 cm³/mol. The summed E-state index contributed by atoms with van der Waals surface area (Å²) in [6.45, 7) is 3.78. The summed E-state index contributed by atoms with van der Waals surface area (Å²) in [5, 5.41) is 6.76. The number of carbonyl (C=O) groups excluding carboxylic acids is 1. The van der Waals surface area contributed by atoms with Crippen molar-refractivity contribution >= 4 is 34.2 Å². The molecule has 0 aliphatic rings. The number of aromatic nitrogens is 2. The number of rotatable bonds is 5. The van der Waals surface area contributed by atoms with Gasteiger partial charge in [-0.1, -0.05) is 23.7 Å². The summed E-state index contributed by atoms with van der Waals surface area (Å²) in [7, 11) is 0. The van der Waals surface area contributed by atoms with Crippen molar-refractivity contribution in [3.63, 3.8) is 0 Å². The number of benzene rings is 2. The van der Waals surface area contributed by atoms with Crippen LogP contribution < -0.4 is 16.3 Å². The van der Waals surface area contributed by atoms with Gasteiger partial charge >= 0.3 is 5.69 Å². The van der Waals surface area contributed by atoms with E-state index in [2.05, 4.69) is 20.6 Å². The predicted octanol–water partition coefficient (Wildman–Crippen LogP) is 3.19. The van der Waals surface area contributed by atoms with E-state index in [0.29, 0.717) is 21.7 Å². The second-order valence-electron chi connectivity index (χ2n) is 5.99. The Labute approximate surface area is 149 Å². The number of nitrogens with one attached hydrogen (secondary N) is 4. The van der Waals surface area contributed by atoms with E-state index in [1.54, 1.807) is 25.1 Å². The third kappa shape index (κ3) is 4.10. The SMILES string of the molecule is C[C@H](N[C@H](C)c1cccc(Cl)c1)C(=O)Nc1ccc2[nH]c(=O)[nH]c2c1. The summed E-state index contributed by atoms with van der Waals surface area (Å²) < 4.78 is 0. The molecule has 130 valence electrons. The highest BCUT2D eigenvalue weighted by atomic mass is 35.5. The smallest absolute Gasteiger partial charge is 0.323 e. The van der Waals surface area contributed by atoms with Crippen molar-refractivity contribution in [1.82, 2.24) is 15.3 Å². The fourth-order valence-electron chi connectivity index (χ4n) is 2.68. The van der Waals surface area contributed by atoms with E-state index >= 15 is 0 Å². The van der Waals surface area contributed by atoms with Crippen molar-refractivity contribution in [2.24, 2.45) is 0 Å². The summed E-state index contributed by atoms with van der Waals surface area (Å²) in [6, 6.07) is 12.3. The fourth-order valence-corrected chi connectivity index (χ4v) is 2.88. The molecule has 3 aromatic rings. The first kappa shape index (κ1) is 17.3. The normalized spacial score (nSPS) is 13.6. The fraction of sp³-hybridized carbons (Fsp3) is 0.222. The first-order valence-electron chi connectivity index (χ1n) is 7.97. The summed E-state index contributed by atoms with van der Waals surface area (Å²) in [5.41, 5.74) is 2.71. The molecule has 7 heteroatoms. The number of amides is 1. The molecule has 1 amide bonds. The van der Waals surface area contributed by atoms with Crippen LogP contribution in [0.3, 0.4) is 0 Å². The highest BCUT2D eigenvalue weighted by Crippen LogP contribution is 2.18. The van der Waals surface area contributed by atoms with E-state index < -0.39 is 6.04 Å². The minimum Gasteiger partial charge on any atom is -0.325 e. The molecule has 1 heterocycles. The third-order valence-electron chi connectivity index (χ3n) is 4.03. The van der Waals surface area contributed by atoms with Gasteiger partial charge in [0.25, 0.3) is 0 Å². The molecule has 1 aromatic heterocycles. The molecule has 3 rings (SSSR count). The molecule has 0 bridgehead atoms. The van der Waals surface area contributed by atoms with Gasteiger partial charge in [-0.2, -0.15) is 0 Å². The Bertz CT molecular complexity index is 963. The maximum absolute atomic E-state index is 12.4. The number of imidazole rings is 1. The van der Waals surface area contributed by atoms with E-state index in [1.165, 1.54) is 0 Å². The van der Waals surface area contributed by atoms with Gasteiger partial charge in [0.2, 0.25) is 5.91 Å². The second-order valence-corrected chi connectivity index (χ2v) is 6.43. The second kappa shape index (κ2) is 7.13. The Morgan fingerprint density at radius 2 is 1.84 bits per heavy atom. The molecule has 2 atom stereocenters. The molecule has 0 unspecified atom stereocenters. The van der Waals surface area contributed by atoms with Gasteiger partial charge in [0.1, 0.15) is 0 Å². The van der Waals surface area contributed by atoms with Gasteiger partial charge in [-0.05, 0) is 49.7 Å². The minimum atomic E-state index is -0.407. The first-order chi connectivity index (χ1) is 11.9. The van der Waals surface area contributed by atoms with Gasteiger partial charge in [0.05, 0.1) is 17.1 Å². The van der Waals surface area contributed by atoms with Crippen molar-refractivity contribution < 1.29 is 4.79 Å². The lowest BCUT2D eigenvalue weighted by Gasteiger charge is -2.20. The number of fused-ring (bicyclic) bond motifs is 1. The average Bonchev–Trinajstić information content (AvgIpc) is 2.94. The molecular weight excluding hydrogens is 340 g/mol. The van der Waals surface area contributed by atoms with Gasteiger partial charge in [-0.15, -0.1) is 0 Å². The van der Waals surface area contributed by atoms with E-state index in [0.717, 1.165) is 5.56 Å². The van der Waals surface area contributed by atoms with Crippen molar-refractivity contribution in [2.45, 2.75) is 25.9 Å². The third-order valence-corrected chi connectivity index (χ3v) is 4.26. The van der Waals surface area contributed by atoms with Gasteiger partial charge in [0, 0.05) is 16.8 Å². The molecular formula is C18H19ClN4O2. The number of halogens is 1. The van der Waals surface area contributed by atoms with Crippen LogP contribution in [0.1, 0.15) is 25.5 Å². The van der Waals surface area contributed by atoms with Gasteiger partial charge in [0.15, 0.2) is 0 Å². The lowest BCUT2D eigenvalue weighted by Crippen LogP contribution is -2.39. The highest BCUT2D eigenvalue weighted by molar-refractivity contribution is 6.30. The molecule has 0 radical (unpaired) electrons. The van der Waals surface area contributed by atoms with Crippen LogP contribution >= 0.6 is 11.6 Å². The maximum Gasteiger partial charge on any atom is 0.323 e. The largest absolute Gasteiger partial charge is 0.325 e. The van der Waals surface area contributed by atoms with E-state index in [9.17, 15) is 9.59 Å². The molecule has 25 heavy (non-hydrogen) atoms. The molecule has 0 saturated carbocycles. The minimum absolute atomic E-state index is 0.0250. The molecule has 2 aromatic carbocycles. The van der Waals surface area contributed by atoms with Crippen LogP contribution in [0.4, 0.5) is 5.69 Å². The number of carbonyl (C=O) groups is 1. The number of H-pyrrole nitrogens is 2. The molecule has 0 fully saturated rings. The van der Waals surface area contributed by atoms with Crippen molar-refractivity contribution in [3.05, 3.63) is 63.5 Å². The Morgan fingerprint density at radius 1 is 1.08 bits per heavy atom. The van der Waals surface area contributed by atoms with Crippen molar-refractivity contribution in [1.29, 1.82) is 0 Å². The van der Waals surface area contributed by atoms with Crippen LogP contribution in [0.15, 0.2) is 47.3 Å². The van der Waals surface area contributed by atoms with Crippen LogP contribution in [0.5, 0.6) is 0 Å². The van der Waals surface area contributed by atoms with Crippen molar-refractivity contribution in [2.75, 3.05) is 5.32 Å². The molecule has 4 N–H and O–H groups in total. The topological polar surface area (TPSA) is 89.8 Å². The Kier molecular flexibility index (Phi) is 4.92. The van der Waals surface area contributed by atoms with E-state index in [-0.39, 0.29) is 17.6 Å². The summed E-state index contributed by atoms with van der Waals surface area (Å²) in [5.74, 6) is -0.161. The Balaban J connectivity index is 1.66. The van der Waals surface area contributed by atoms with Crippen LogP contribution in [-0.2, 0) is 4.79 Å². The zero-order valence-electron chi connectivity index (χ0n) is 13.9. The van der Waals surface area contributed by atoms with Crippen LogP contribution in [0.2, 0.25) is 5.02 Å². The first-order valence-corrected chi connectivity index (χ1v) is 8.34. The van der Waals surface area contributed by atoms with Crippen LogP contribution in [-0.4, -0.2) is 21.9 Å². The Morgan fingerprint density at radius 3 is 2.60 bits per heavy atom. The highest BCUT2D eigenvalue weighted by Gasteiger charge is 2.17. The summed E-state index contributed by atoms with van der Waals surface area (Å²) in [4.78, 5) is 29.0. The van der Waals surface area contributed by atoms with E-state index in [4.69, 9.17) is 11.6 Å². The standard InChI is InChI=1S/C18H19ClN4O2/c1-10(12-4-3-5-13(19)8-12)20-11(2)17(24)21-14-6-7-15-16(9-14)23-18(25)22-15/h3-11,20H,1-2H3,(H,21,24)(H2,22,23,25)/t10-,11+/m1/s1. The number of hydrogen-bond donors (Lipinski definition) is 4. The van der Waals surface area contributed by atoms with Gasteiger partial charge in [-0.3, -0.25) is 10.1 Å². The summed E-state index contributed by atoms with van der Waals surface area (Å²) >= 11 is 6.01. The quantitative estimate of drug-likeness (QED) is 0.564. The Hall–Kier alpha value is -2.57.